The minimum absolute atomic E-state index is 0.0365. The molecule has 5 nitrogen and oxygen atoms in total. The molecule has 0 aromatic heterocycles. The summed E-state index contributed by atoms with van der Waals surface area (Å²) in [6.07, 6.45) is 1.07. The topological polar surface area (TPSA) is 93.0 Å². The fourth-order valence-corrected chi connectivity index (χ4v) is 1.55. The van der Waals surface area contributed by atoms with Crippen molar-refractivity contribution in [3.05, 3.63) is 45.3 Å². The highest BCUT2D eigenvalue weighted by atomic mass is 19.1. The van der Waals surface area contributed by atoms with Crippen LogP contribution < -0.4 is 5.73 Å². The number of allylic oxidation sites excluding steroid dienone is 1. The first-order valence-electron chi connectivity index (χ1n) is 5.34. The lowest BCUT2D eigenvalue weighted by Gasteiger charge is -2.06. The molecule has 0 aliphatic rings. The minimum atomic E-state index is -0.650. The molecule has 0 fully saturated rings. The Bertz CT molecular complexity index is 547. The van der Waals surface area contributed by atoms with Crippen LogP contribution in [-0.4, -0.2) is 4.92 Å². The molecule has 0 unspecified atom stereocenters. The zero-order valence-electron chi connectivity index (χ0n) is 9.81. The van der Waals surface area contributed by atoms with Gasteiger partial charge >= 0.3 is 0 Å². The molecule has 2 N–H and O–H groups in total. The Balaban J connectivity index is 3.44. The maximum Gasteiger partial charge on any atom is 0.278 e. The molecule has 0 radical (unpaired) electrons. The standard InChI is InChI=1S/C12H12FN3O2/c1-2-3-8(7-14)12(15)10-6-9(13)4-5-11(10)16(17)18/h4-6H,2-3,15H2,1H3/b12-8-. The molecule has 0 spiro atoms. The van der Waals surface area contributed by atoms with Gasteiger partial charge in [0, 0.05) is 6.07 Å². The maximum absolute atomic E-state index is 13.1. The molecule has 0 aliphatic carbocycles. The number of benzene rings is 1. The van der Waals surface area contributed by atoms with Crippen molar-refractivity contribution >= 4 is 11.4 Å². The van der Waals surface area contributed by atoms with Crippen molar-refractivity contribution in [2.24, 2.45) is 5.73 Å². The van der Waals surface area contributed by atoms with Crippen molar-refractivity contribution in [3.63, 3.8) is 0 Å². The van der Waals surface area contributed by atoms with Gasteiger partial charge in [-0.05, 0) is 18.6 Å². The summed E-state index contributed by atoms with van der Waals surface area (Å²) in [5.41, 5.74) is 5.56. The molecule has 0 aliphatic heterocycles. The number of halogens is 1. The minimum Gasteiger partial charge on any atom is -0.397 e. The smallest absolute Gasteiger partial charge is 0.278 e. The van der Waals surface area contributed by atoms with Crippen LogP contribution in [0.15, 0.2) is 23.8 Å². The second-order valence-electron chi connectivity index (χ2n) is 3.67. The summed E-state index contributed by atoms with van der Waals surface area (Å²) in [6.45, 7) is 1.85. The molecule has 0 amide bonds. The Morgan fingerprint density at radius 3 is 2.78 bits per heavy atom. The summed E-state index contributed by atoms with van der Waals surface area (Å²) >= 11 is 0. The van der Waals surface area contributed by atoms with E-state index in [1.165, 1.54) is 0 Å². The van der Waals surface area contributed by atoms with Crippen LogP contribution in [0.2, 0.25) is 0 Å². The van der Waals surface area contributed by atoms with Crippen LogP contribution in [0.25, 0.3) is 5.70 Å². The van der Waals surface area contributed by atoms with Gasteiger partial charge in [-0.3, -0.25) is 10.1 Å². The molecule has 94 valence electrons. The van der Waals surface area contributed by atoms with Crippen molar-refractivity contribution in [1.29, 1.82) is 5.26 Å². The van der Waals surface area contributed by atoms with E-state index >= 15 is 0 Å². The number of nitro benzene ring substituents is 1. The van der Waals surface area contributed by atoms with Crippen LogP contribution >= 0.6 is 0 Å². The van der Waals surface area contributed by atoms with Crippen LogP contribution in [0.1, 0.15) is 25.3 Å². The molecule has 18 heavy (non-hydrogen) atoms. The molecule has 6 heteroatoms. The lowest BCUT2D eigenvalue weighted by atomic mass is 10.0. The Morgan fingerprint density at radius 2 is 2.28 bits per heavy atom. The van der Waals surface area contributed by atoms with Gasteiger partial charge in [0.1, 0.15) is 5.82 Å². The summed E-state index contributed by atoms with van der Waals surface area (Å²) < 4.78 is 13.1. The van der Waals surface area contributed by atoms with Crippen molar-refractivity contribution in [3.8, 4) is 6.07 Å². The van der Waals surface area contributed by atoms with Crippen molar-refractivity contribution in [2.75, 3.05) is 0 Å². The van der Waals surface area contributed by atoms with E-state index in [0.717, 1.165) is 18.2 Å². The van der Waals surface area contributed by atoms with Gasteiger partial charge < -0.3 is 5.73 Å². The van der Waals surface area contributed by atoms with E-state index < -0.39 is 10.7 Å². The zero-order valence-corrected chi connectivity index (χ0v) is 9.81. The van der Waals surface area contributed by atoms with Crippen LogP contribution in [0, 0.1) is 27.3 Å². The zero-order chi connectivity index (χ0) is 13.7. The van der Waals surface area contributed by atoms with Crippen molar-refractivity contribution in [2.45, 2.75) is 19.8 Å². The van der Waals surface area contributed by atoms with Gasteiger partial charge in [0.05, 0.1) is 27.8 Å². The van der Waals surface area contributed by atoms with Crippen LogP contribution in [-0.2, 0) is 0 Å². The van der Waals surface area contributed by atoms with Gasteiger partial charge in [-0.25, -0.2) is 4.39 Å². The number of hydrogen-bond acceptors (Lipinski definition) is 4. The van der Waals surface area contributed by atoms with Crippen LogP contribution in [0.5, 0.6) is 0 Å². The number of rotatable bonds is 4. The fourth-order valence-electron chi connectivity index (χ4n) is 1.55. The van der Waals surface area contributed by atoms with E-state index in [4.69, 9.17) is 11.0 Å². The Kier molecular flexibility index (Phi) is 4.38. The van der Waals surface area contributed by atoms with E-state index in [1.807, 2.05) is 13.0 Å². The molecule has 1 rings (SSSR count). The number of nitrogens with two attached hydrogens (primary N) is 1. The maximum atomic E-state index is 13.1. The number of nitro groups is 1. The number of nitriles is 1. The largest absolute Gasteiger partial charge is 0.397 e. The third-order valence-corrected chi connectivity index (χ3v) is 2.41. The van der Waals surface area contributed by atoms with Crippen molar-refractivity contribution in [1.82, 2.24) is 0 Å². The SMILES string of the molecule is CCC/C(C#N)=C(/N)c1cc(F)ccc1[N+](=O)[O-]. The first-order valence-corrected chi connectivity index (χ1v) is 5.34. The highest BCUT2D eigenvalue weighted by Gasteiger charge is 2.18. The molecule has 1 aromatic carbocycles. The quantitative estimate of drug-likeness (QED) is 0.504. The van der Waals surface area contributed by atoms with E-state index in [1.54, 1.807) is 0 Å². The Hall–Kier alpha value is -2.42. The summed E-state index contributed by atoms with van der Waals surface area (Å²) in [4.78, 5) is 10.2. The van der Waals surface area contributed by atoms with Crippen LogP contribution in [0.4, 0.5) is 10.1 Å². The Morgan fingerprint density at radius 1 is 1.61 bits per heavy atom. The molecule has 1 aromatic rings. The monoisotopic (exact) mass is 249 g/mol. The normalized spacial score (nSPS) is 11.6. The van der Waals surface area contributed by atoms with E-state index in [9.17, 15) is 14.5 Å². The van der Waals surface area contributed by atoms with Gasteiger partial charge in [-0.1, -0.05) is 13.3 Å². The van der Waals surface area contributed by atoms with E-state index in [0.29, 0.717) is 12.8 Å². The molecule has 0 saturated carbocycles. The average Bonchev–Trinajstić information content (AvgIpc) is 2.34. The third-order valence-electron chi connectivity index (χ3n) is 2.41. The molecule has 0 bridgehead atoms. The highest BCUT2D eigenvalue weighted by Crippen LogP contribution is 2.27. The summed E-state index contributed by atoms with van der Waals surface area (Å²) in [7, 11) is 0. The molecule has 0 heterocycles. The molecular weight excluding hydrogens is 237 g/mol. The summed E-state index contributed by atoms with van der Waals surface area (Å²) in [6, 6.07) is 4.90. The predicted molar refractivity (Wildman–Crippen MR) is 64.7 cm³/mol. The summed E-state index contributed by atoms with van der Waals surface area (Å²) in [5.74, 6) is -0.632. The molecular formula is C12H12FN3O2. The number of nitrogens with zero attached hydrogens (tertiary/aromatic N) is 2. The summed E-state index contributed by atoms with van der Waals surface area (Å²) in [5, 5.41) is 19.8. The molecule has 0 saturated heterocycles. The van der Waals surface area contributed by atoms with Crippen molar-refractivity contribution < 1.29 is 9.31 Å². The van der Waals surface area contributed by atoms with Gasteiger partial charge in [-0.15, -0.1) is 0 Å². The lowest BCUT2D eigenvalue weighted by Crippen LogP contribution is -2.05. The second kappa shape index (κ2) is 5.77. The van der Waals surface area contributed by atoms with E-state index in [-0.39, 0.29) is 22.5 Å². The Labute approximate surface area is 103 Å². The van der Waals surface area contributed by atoms with Gasteiger partial charge in [0.25, 0.3) is 5.69 Å². The first kappa shape index (κ1) is 13.6. The third kappa shape index (κ3) is 2.83. The van der Waals surface area contributed by atoms with Gasteiger partial charge in [0.15, 0.2) is 0 Å². The van der Waals surface area contributed by atoms with Gasteiger partial charge in [-0.2, -0.15) is 5.26 Å². The average molecular weight is 249 g/mol. The second-order valence-corrected chi connectivity index (χ2v) is 3.67. The van der Waals surface area contributed by atoms with Gasteiger partial charge in [0.2, 0.25) is 0 Å². The fraction of sp³-hybridized carbons (Fsp3) is 0.250. The first-order chi connectivity index (χ1) is 8.51. The van der Waals surface area contributed by atoms with Crippen LogP contribution in [0.3, 0.4) is 0 Å². The predicted octanol–water partition coefficient (Wildman–Crippen LogP) is 2.73. The van der Waals surface area contributed by atoms with E-state index in [2.05, 4.69) is 0 Å². The highest BCUT2D eigenvalue weighted by molar-refractivity contribution is 5.75. The molecule has 0 atom stereocenters. The lowest BCUT2D eigenvalue weighted by molar-refractivity contribution is -0.385. The number of hydrogen-bond donors (Lipinski definition) is 1.